The number of carbonyl (C=O) groups is 5. The van der Waals surface area contributed by atoms with Gasteiger partial charge < -0.3 is 16.0 Å². The molecule has 3 N–H and O–H groups in total. The van der Waals surface area contributed by atoms with Crippen LogP contribution in [0.3, 0.4) is 0 Å². The SMILES string of the molecule is CC(=O)CNC(=O)CNC(=O)CNC(=O)CSCC(C)=O. The number of thioether (sulfide) groups is 1. The summed E-state index contributed by atoms with van der Waals surface area (Å²) < 4.78 is 0. The summed E-state index contributed by atoms with van der Waals surface area (Å²) >= 11 is 1.16. The summed E-state index contributed by atoms with van der Waals surface area (Å²) in [6, 6.07) is 0. The normalized spacial score (nSPS) is 9.62. The maximum atomic E-state index is 11.3. The summed E-state index contributed by atoms with van der Waals surface area (Å²) in [5, 5.41) is 6.97. The summed E-state index contributed by atoms with van der Waals surface area (Å²) in [4.78, 5) is 55.1. The Bertz CT molecular complexity index is 425. The molecule has 0 aliphatic carbocycles. The lowest BCUT2D eigenvalue weighted by atomic mass is 10.4. The molecule has 0 saturated carbocycles. The van der Waals surface area contributed by atoms with Crippen molar-refractivity contribution >= 4 is 41.0 Å². The number of nitrogens with one attached hydrogen (secondary N) is 3. The fourth-order valence-electron chi connectivity index (χ4n) is 1.04. The van der Waals surface area contributed by atoms with Crippen molar-refractivity contribution in [3.63, 3.8) is 0 Å². The van der Waals surface area contributed by atoms with Crippen molar-refractivity contribution in [2.75, 3.05) is 31.1 Å². The molecule has 0 aromatic heterocycles. The minimum absolute atomic E-state index is 0.0258. The van der Waals surface area contributed by atoms with Crippen molar-refractivity contribution in [3.8, 4) is 0 Å². The van der Waals surface area contributed by atoms with Crippen molar-refractivity contribution in [2.24, 2.45) is 0 Å². The van der Waals surface area contributed by atoms with E-state index in [1.807, 2.05) is 0 Å². The molecule has 118 valence electrons. The first kappa shape index (κ1) is 19.1. The molecule has 0 aliphatic rings. The number of amides is 3. The Morgan fingerprint density at radius 2 is 1.14 bits per heavy atom. The highest BCUT2D eigenvalue weighted by atomic mass is 32.2. The van der Waals surface area contributed by atoms with Gasteiger partial charge in [-0.25, -0.2) is 0 Å². The Balaban J connectivity index is 3.70. The van der Waals surface area contributed by atoms with Gasteiger partial charge in [0.15, 0.2) is 0 Å². The van der Waals surface area contributed by atoms with Gasteiger partial charge in [0.1, 0.15) is 11.6 Å². The monoisotopic (exact) mass is 317 g/mol. The van der Waals surface area contributed by atoms with Gasteiger partial charge in [0.25, 0.3) is 0 Å². The van der Waals surface area contributed by atoms with Gasteiger partial charge in [0.2, 0.25) is 17.7 Å². The zero-order valence-electron chi connectivity index (χ0n) is 12.0. The van der Waals surface area contributed by atoms with Crippen LogP contribution in [0.2, 0.25) is 0 Å². The molecule has 9 heteroatoms. The fourth-order valence-corrected chi connectivity index (χ4v) is 1.72. The minimum atomic E-state index is -0.516. The third-order valence-corrected chi connectivity index (χ3v) is 3.04. The summed E-state index contributed by atoms with van der Waals surface area (Å²) in [5.74, 6) is -1.24. The van der Waals surface area contributed by atoms with E-state index in [1.54, 1.807) is 0 Å². The molecular formula is C12H19N3O5S. The average molecular weight is 317 g/mol. The van der Waals surface area contributed by atoms with Crippen LogP contribution in [0.15, 0.2) is 0 Å². The molecular weight excluding hydrogens is 298 g/mol. The molecule has 3 amide bonds. The van der Waals surface area contributed by atoms with E-state index in [-0.39, 0.29) is 48.6 Å². The molecule has 0 heterocycles. The zero-order valence-corrected chi connectivity index (χ0v) is 12.8. The van der Waals surface area contributed by atoms with Gasteiger partial charge in [-0.05, 0) is 13.8 Å². The first-order valence-electron chi connectivity index (χ1n) is 6.18. The first-order valence-corrected chi connectivity index (χ1v) is 7.33. The predicted octanol–water partition coefficient (Wildman–Crippen LogP) is -1.75. The fraction of sp³-hybridized carbons (Fsp3) is 0.583. The molecule has 0 aromatic rings. The van der Waals surface area contributed by atoms with E-state index < -0.39 is 11.8 Å². The second-order valence-corrected chi connectivity index (χ2v) is 5.21. The van der Waals surface area contributed by atoms with E-state index in [2.05, 4.69) is 16.0 Å². The molecule has 0 atom stereocenters. The molecule has 0 spiro atoms. The summed E-state index contributed by atoms with van der Waals surface area (Å²) in [6.45, 7) is 2.16. The van der Waals surface area contributed by atoms with Gasteiger partial charge >= 0.3 is 0 Å². The highest BCUT2D eigenvalue weighted by Crippen LogP contribution is 1.98. The van der Waals surface area contributed by atoms with Crippen molar-refractivity contribution in [3.05, 3.63) is 0 Å². The number of Topliss-reactive ketones (excluding diaryl/α,β-unsaturated/α-hetero) is 2. The van der Waals surface area contributed by atoms with Crippen LogP contribution in [0.5, 0.6) is 0 Å². The van der Waals surface area contributed by atoms with E-state index in [0.29, 0.717) is 0 Å². The van der Waals surface area contributed by atoms with Crippen LogP contribution in [-0.2, 0) is 24.0 Å². The molecule has 0 bridgehead atoms. The van der Waals surface area contributed by atoms with Crippen molar-refractivity contribution in [2.45, 2.75) is 13.8 Å². The number of hydrogen-bond donors (Lipinski definition) is 3. The molecule has 0 aliphatic heterocycles. The third kappa shape index (κ3) is 12.9. The number of rotatable bonds is 10. The smallest absolute Gasteiger partial charge is 0.239 e. The van der Waals surface area contributed by atoms with Crippen molar-refractivity contribution < 1.29 is 24.0 Å². The minimum Gasteiger partial charge on any atom is -0.348 e. The molecule has 0 radical (unpaired) electrons. The van der Waals surface area contributed by atoms with Crippen LogP contribution in [0.1, 0.15) is 13.8 Å². The van der Waals surface area contributed by atoms with Gasteiger partial charge in [-0.3, -0.25) is 24.0 Å². The lowest BCUT2D eigenvalue weighted by molar-refractivity contribution is -0.127. The van der Waals surface area contributed by atoms with Crippen molar-refractivity contribution in [1.82, 2.24) is 16.0 Å². The molecule has 8 nitrogen and oxygen atoms in total. The average Bonchev–Trinajstić information content (AvgIpc) is 2.40. The lowest BCUT2D eigenvalue weighted by Gasteiger charge is -2.07. The van der Waals surface area contributed by atoms with Crippen LogP contribution in [0.25, 0.3) is 0 Å². The quantitative estimate of drug-likeness (QED) is 0.439. The van der Waals surface area contributed by atoms with Crippen LogP contribution >= 0.6 is 11.8 Å². The van der Waals surface area contributed by atoms with Crippen molar-refractivity contribution in [1.29, 1.82) is 0 Å². The molecule has 0 fully saturated rings. The Labute approximate surface area is 126 Å². The van der Waals surface area contributed by atoms with Gasteiger partial charge in [-0.2, -0.15) is 0 Å². The van der Waals surface area contributed by atoms with E-state index in [9.17, 15) is 24.0 Å². The Morgan fingerprint density at radius 3 is 1.62 bits per heavy atom. The second kappa shape index (κ2) is 10.8. The van der Waals surface area contributed by atoms with Crippen LogP contribution < -0.4 is 16.0 Å². The molecule has 21 heavy (non-hydrogen) atoms. The Hall–Kier alpha value is -1.90. The summed E-state index contributed by atoms with van der Waals surface area (Å²) in [5.41, 5.74) is 0. The molecule has 0 rings (SSSR count). The first-order chi connectivity index (χ1) is 9.81. The molecule has 0 saturated heterocycles. The lowest BCUT2D eigenvalue weighted by Crippen LogP contribution is -2.43. The highest BCUT2D eigenvalue weighted by molar-refractivity contribution is 8.00. The number of carbonyl (C=O) groups excluding carboxylic acids is 5. The van der Waals surface area contributed by atoms with Crippen LogP contribution in [0, 0.1) is 0 Å². The number of hydrogen-bond acceptors (Lipinski definition) is 6. The van der Waals surface area contributed by atoms with E-state index in [0.717, 1.165) is 11.8 Å². The van der Waals surface area contributed by atoms with E-state index in [1.165, 1.54) is 13.8 Å². The topological polar surface area (TPSA) is 121 Å². The standard InChI is InChI=1S/C12H19N3O5S/c1-8(16)3-13-10(18)4-14-11(19)5-15-12(20)7-21-6-9(2)17/h3-7H2,1-2H3,(H,13,18)(H,14,19)(H,15,20). The zero-order chi connectivity index (χ0) is 16.3. The van der Waals surface area contributed by atoms with Gasteiger partial charge in [0.05, 0.1) is 31.1 Å². The third-order valence-electron chi connectivity index (χ3n) is 1.97. The summed E-state index contributed by atoms with van der Waals surface area (Å²) in [7, 11) is 0. The number of ketones is 2. The molecule has 0 unspecified atom stereocenters. The maximum absolute atomic E-state index is 11.3. The second-order valence-electron chi connectivity index (χ2n) is 4.23. The Kier molecular flexibility index (Phi) is 9.86. The maximum Gasteiger partial charge on any atom is 0.239 e. The largest absolute Gasteiger partial charge is 0.348 e. The predicted molar refractivity (Wildman–Crippen MR) is 77.7 cm³/mol. The van der Waals surface area contributed by atoms with Crippen LogP contribution in [-0.4, -0.2) is 60.4 Å². The van der Waals surface area contributed by atoms with Gasteiger partial charge in [-0.15, -0.1) is 11.8 Å². The molecule has 0 aromatic carbocycles. The summed E-state index contributed by atoms with van der Waals surface area (Å²) in [6.07, 6.45) is 0. The van der Waals surface area contributed by atoms with E-state index in [4.69, 9.17) is 0 Å². The van der Waals surface area contributed by atoms with E-state index >= 15 is 0 Å². The highest BCUT2D eigenvalue weighted by Gasteiger charge is 2.08. The van der Waals surface area contributed by atoms with Gasteiger partial charge in [0, 0.05) is 0 Å². The van der Waals surface area contributed by atoms with Crippen LogP contribution in [0.4, 0.5) is 0 Å². The Morgan fingerprint density at radius 1 is 0.667 bits per heavy atom. The van der Waals surface area contributed by atoms with Gasteiger partial charge in [-0.1, -0.05) is 0 Å².